The zero-order chi connectivity index (χ0) is 14.3. The number of anilines is 1. The quantitative estimate of drug-likeness (QED) is 0.790. The molecule has 0 unspecified atom stereocenters. The molecule has 0 saturated heterocycles. The van der Waals surface area contributed by atoms with E-state index in [1.54, 1.807) is 0 Å². The van der Waals surface area contributed by atoms with Crippen LogP contribution in [-0.4, -0.2) is 37.0 Å². The Kier molecular flexibility index (Phi) is 5.46. The number of esters is 2. The SMILES string of the molecule is COC(=O)CCC(=O)Nc1ccc(C(=O)OC)cn1. The first-order valence-corrected chi connectivity index (χ1v) is 5.48. The molecule has 1 aromatic rings. The van der Waals surface area contributed by atoms with Gasteiger partial charge >= 0.3 is 11.9 Å². The van der Waals surface area contributed by atoms with E-state index in [2.05, 4.69) is 19.8 Å². The molecule has 1 amide bonds. The lowest BCUT2D eigenvalue weighted by Gasteiger charge is -2.04. The highest BCUT2D eigenvalue weighted by atomic mass is 16.5. The molecule has 19 heavy (non-hydrogen) atoms. The highest BCUT2D eigenvalue weighted by molar-refractivity contribution is 5.92. The van der Waals surface area contributed by atoms with Gasteiger partial charge in [-0.15, -0.1) is 0 Å². The Labute approximate surface area is 109 Å². The van der Waals surface area contributed by atoms with Crippen molar-refractivity contribution in [2.24, 2.45) is 0 Å². The Morgan fingerprint density at radius 3 is 2.42 bits per heavy atom. The van der Waals surface area contributed by atoms with Gasteiger partial charge in [0.1, 0.15) is 5.82 Å². The van der Waals surface area contributed by atoms with Crippen molar-refractivity contribution in [3.63, 3.8) is 0 Å². The molecule has 0 bridgehead atoms. The van der Waals surface area contributed by atoms with E-state index < -0.39 is 11.9 Å². The van der Waals surface area contributed by atoms with Crippen LogP contribution in [0.5, 0.6) is 0 Å². The standard InChI is InChI=1S/C12H14N2O5/c1-18-11(16)6-5-10(15)14-9-4-3-8(7-13-9)12(17)19-2/h3-4,7H,5-6H2,1-2H3,(H,13,14,15). The fourth-order valence-corrected chi connectivity index (χ4v) is 1.23. The number of hydrogen-bond acceptors (Lipinski definition) is 6. The van der Waals surface area contributed by atoms with E-state index in [4.69, 9.17) is 0 Å². The Hall–Kier alpha value is -2.44. The number of carbonyl (C=O) groups is 3. The van der Waals surface area contributed by atoms with Crippen LogP contribution >= 0.6 is 0 Å². The summed E-state index contributed by atoms with van der Waals surface area (Å²) in [6.45, 7) is 0. The van der Waals surface area contributed by atoms with E-state index in [9.17, 15) is 14.4 Å². The van der Waals surface area contributed by atoms with Gasteiger partial charge < -0.3 is 14.8 Å². The van der Waals surface area contributed by atoms with Crippen molar-refractivity contribution in [2.75, 3.05) is 19.5 Å². The van der Waals surface area contributed by atoms with Crippen LogP contribution < -0.4 is 5.32 Å². The molecule has 102 valence electrons. The third kappa shape index (κ3) is 4.74. The van der Waals surface area contributed by atoms with Crippen LogP contribution in [0.15, 0.2) is 18.3 Å². The number of ether oxygens (including phenoxy) is 2. The van der Waals surface area contributed by atoms with Gasteiger partial charge in [0.25, 0.3) is 0 Å². The van der Waals surface area contributed by atoms with Crippen molar-refractivity contribution in [3.8, 4) is 0 Å². The monoisotopic (exact) mass is 266 g/mol. The third-order valence-corrected chi connectivity index (χ3v) is 2.24. The summed E-state index contributed by atoms with van der Waals surface area (Å²) >= 11 is 0. The zero-order valence-corrected chi connectivity index (χ0v) is 10.6. The molecule has 7 nitrogen and oxygen atoms in total. The van der Waals surface area contributed by atoms with Gasteiger partial charge in [0.2, 0.25) is 5.91 Å². The van der Waals surface area contributed by atoms with Crippen LogP contribution in [0.1, 0.15) is 23.2 Å². The molecule has 0 aliphatic carbocycles. The molecule has 0 radical (unpaired) electrons. The molecule has 1 heterocycles. The first-order valence-electron chi connectivity index (χ1n) is 5.48. The molecule has 0 aliphatic heterocycles. The molecule has 0 saturated carbocycles. The third-order valence-electron chi connectivity index (χ3n) is 2.24. The van der Waals surface area contributed by atoms with Gasteiger partial charge in [-0.1, -0.05) is 0 Å². The number of pyridine rings is 1. The molecule has 0 aliphatic rings. The molecule has 0 atom stereocenters. The number of rotatable bonds is 5. The fraction of sp³-hybridized carbons (Fsp3) is 0.333. The number of methoxy groups -OCH3 is 2. The van der Waals surface area contributed by atoms with Crippen molar-refractivity contribution >= 4 is 23.7 Å². The molecule has 1 rings (SSSR count). The molecule has 7 heteroatoms. The van der Waals surface area contributed by atoms with Crippen LogP contribution in [-0.2, 0) is 19.1 Å². The topological polar surface area (TPSA) is 94.6 Å². The first-order chi connectivity index (χ1) is 9.06. The minimum atomic E-state index is -0.504. The lowest BCUT2D eigenvalue weighted by molar-refractivity contribution is -0.141. The highest BCUT2D eigenvalue weighted by Crippen LogP contribution is 2.07. The van der Waals surface area contributed by atoms with Crippen LogP contribution in [0.2, 0.25) is 0 Å². The summed E-state index contributed by atoms with van der Waals surface area (Å²) < 4.78 is 8.94. The first kappa shape index (κ1) is 14.6. The largest absolute Gasteiger partial charge is 0.469 e. The summed E-state index contributed by atoms with van der Waals surface area (Å²) in [6, 6.07) is 2.96. The van der Waals surface area contributed by atoms with Crippen molar-refractivity contribution in [2.45, 2.75) is 12.8 Å². The average Bonchev–Trinajstić information content (AvgIpc) is 2.44. The van der Waals surface area contributed by atoms with Gasteiger partial charge in [0, 0.05) is 12.6 Å². The maximum absolute atomic E-state index is 11.5. The molecule has 0 spiro atoms. The summed E-state index contributed by atoms with van der Waals surface area (Å²) in [5, 5.41) is 2.50. The smallest absolute Gasteiger partial charge is 0.339 e. The van der Waals surface area contributed by atoms with Crippen molar-refractivity contribution in [1.82, 2.24) is 4.98 Å². The molecular weight excluding hydrogens is 252 g/mol. The van der Waals surface area contributed by atoms with Gasteiger partial charge in [0.15, 0.2) is 0 Å². The number of carbonyl (C=O) groups excluding carboxylic acids is 3. The summed E-state index contributed by atoms with van der Waals surface area (Å²) in [4.78, 5) is 37.4. The van der Waals surface area contributed by atoms with Crippen LogP contribution in [0, 0.1) is 0 Å². The summed E-state index contributed by atoms with van der Waals surface area (Å²) in [5.74, 6) is -1.02. The number of aromatic nitrogens is 1. The van der Waals surface area contributed by atoms with E-state index in [0.29, 0.717) is 5.82 Å². The van der Waals surface area contributed by atoms with Crippen molar-refractivity contribution in [3.05, 3.63) is 23.9 Å². The normalized spacial score (nSPS) is 9.58. The molecule has 1 aromatic heterocycles. The average molecular weight is 266 g/mol. The molecule has 0 aromatic carbocycles. The maximum atomic E-state index is 11.5. The zero-order valence-electron chi connectivity index (χ0n) is 10.6. The van der Waals surface area contributed by atoms with Gasteiger partial charge in [-0.2, -0.15) is 0 Å². The lowest BCUT2D eigenvalue weighted by atomic mass is 10.2. The molecular formula is C12H14N2O5. The van der Waals surface area contributed by atoms with Crippen LogP contribution in [0.4, 0.5) is 5.82 Å². The summed E-state index contributed by atoms with van der Waals surface area (Å²) in [6.07, 6.45) is 1.30. The van der Waals surface area contributed by atoms with Crippen LogP contribution in [0.25, 0.3) is 0 Å². The minimum absolute atomic E-state index is 0.00256. The van der Waals surface area contributed by atoms with Gasteiger partial charge in [0.05, 0.1) is 26.2 Å². The van der Waals surface area contributed by atoms with Gasteiger partial charge in [-0.25, -0.2) is 9.78 Å². The second-order valence-corrected chi connectivity index (χ2v) is 3.55. The van der Waals surface area contributed by atoms with E-state index in [1.165, 1.54) is 32.5 Å². The van der Waals surface area contributed by atoms with E-state index in [-0.39, 0.29) is 24.3 Å². The summed E-state index contributed by atoms with van der Waals surface area (Å²) in [7, 11) is 2.53. The lowest BCUT2D eigenvalue weighted by Crippen LogP contribution is -2.15. The van der Waals surface area contributed by atoms with E-state index >= 15 is 0 Å². The van der Waals surface area contributed by atoms with E-state index in [0.717, 1.165) is 0 Å². The Bertz CT molecular complexity index is 470. The second-order valence-electron chi connectivity index (χ2n) is 3.55. The molecule has 0 fully saturated rings. The van der Waals surface area contributed by atoms with Gasteiger partial charge in [-0.3, -0.25) is 9.59 Å². The Morgan fingerprint density at radius 1 is 1.16 bits per heavy atom. The Balaban J connectivity index is 2.51. The highest BCUT2D eigenvalue weighted by Gasteiger charge is 2.09. The van der Waals surface area contributed by atoms with Crippen LogP contribution in [0.3, 0.4) is 0 Å². The number of nitrogens with zero attached hydrogens (tertiary/aromatic N) is 1. The van der Waals surface area contributed by atoms with Crippen molar-refractivity contribution < 1.29 is 23.9 Å². The maximum Gasteiger partial charge on any atom is 0.339 e. The molecule has 1 N–H and O–H groups in total. The number of amides is 1. The minimum Gasteiger partial charge on any atom is -0.469 e. The Morgan fingerprint density at radius 2 is 1.89 bits per heavy atom. The summed E-state index contributed by atoms with van der Waals surface area (Å²) in [5.41, 5.74) is 0.287. The number of hydrogen-bond donors (Lipinski definition) is 1. The van der Waals surface area contributed by atoms with Gasteiger partial charge in [-0.05, 0) is 12.1 Å². The predicted octanol–water partition coefficient (Wildman–Crippen LogP) is 0.760. The fourth-order valence-electron chi connectivity index (χ4n) is 1.23. The van der Waals surface area contributed by atoms with E-state index in [1.807, 2.05) is 0 Å². The number of nitrogens with one attached hydrogen (secondary N) is 1. The second kappa shape index (κ2) is 7.10. The van der Waals surface area contributed by atoms with Crippen molar-refractivity contribution in [1.29, 1.82) is 0 Å². The predicted molar refractivity (Wildman–Crippen MR) is 65.5 cm³/mol.